The molecule has 2 aromatic heterocycles. The zero-order chi connectivity index (χ0) is 43.3. The van der Waals surface area contributed by atoms with Crippen LogP contribution in [0, 0.1) is 22.7 Å². The largest absolute Gasteiger partial charge is 0.477 e. The van der Waals surface area contributed by atoms with Crippen LogP contribution in [0.25, 0.3) is 42.4 Å². The third kappa shape index (κ3) is 9.06. The Kier molecular flexibility index (Phi) is 13.2. The third-order valence-corrected chi connectivity index (χ3v) is 15.6. The SMILES string of the molecule is CCCCCCN1c2ccc(/C=C(/C#N)C(=O)O)cc2Sc2cc(-c3cc4sc(-c5ccc6c(c5)Sc5cc(/C=C(/C#N)C(=O)O)ccc5N6CCCCCC)cc4s3)ccc21. The maximum Gasteiger partial charge on any atom is 0.346 e. The molecule has 6 aromatic rings. The van der Waals surface area contributed by atoms with Crippen LogP contribution in [0.5, 0.6) is 0 Å². The molecule has 0 saturated heterocycles. The average molecular weight is 893 g/mol. The van der Waals surface area contributed by atoms with Crippen molar-refractivity contribution in [3.8, 4) is 33.0 Å². The molecule has 0 atom stereocenters. The molecule has 0 saturated carbocycles. The van der Waals surface area contributed by atoms with Gasteiger partial charge in [-0.3, -0.25) is 0 Å². The van der Waals surface area contributed by atoms with E-state index in [1.54, 1.807) is 58.3 Å². The molecule has 8 rings (SSSR count). The highest BCUT2D eigenvalue weighted by molar-refractivity contribution is 8.00. The van der Waals surface area contributed by atoms with E-state index in [1.165, 1.54) is 55.5 Å². The molecule has 4 heterocycles. The van der Waals surface area contributed by atoms with Crippen LogP contribution >= 0.6 is 46.2 Å². The molecular weight excluding hydrogens is 849 g/mol. The van der Waals surface area contributed by atoms with E-state index in [0.717, 1.165) is 93.7 Å². The van der Waals surface area contributed by atoms with E-state index in [2.05, 4.69) is 72.2 Å². The second-order valence-electron chi connectivity index (χ2n) is 15.3. The monoisotopic (exact) mass is 892 g/mol. The zero-order valence-corrected chi connectivity index (χ0v) is 37.7. The maximum absolute atomic E-state index is 11.6. The molecule has 0 fully saturated rings. The Morgan fingerprint density at radius 2 is 0.935 bits per heavy atom. The molecule has 4 aromatic carbocycles. The van der Waals surface area contributed by atoms with Crippen molar-refractivity contribution in [2.45, 2.75) is 84.8 Å². The summed E-state index contributed by atoms with van der Waals surface area (Å²) < 4.78 is 2.46. The summed E-state index contributed by atoms with van der Waals surface area (Å²) in [5, 5.41) is 37.7. The van der Waals surface area contributed by atoms with Gasteiger partial charge in [0, 0.05) is 51.8 Å². The van der Waals surface area contributed by atoms with Gasteiger partial charge in [0.2, 0.25) is 0 Å². The number of fused-ring (bicyclic) bond motifs is 5. The van der Waals surface area contributed by atoms with E-state index in [1.807, 2.05) is 36.4 Å². The van der Waals surface area contributed by atoms with Crippen molar-refractivity contribution in [1.29, 1.82) is 10.5 Å². The molecule has 0 amide bonds. The topological polar surface area (TPSA) is 129 Å². The summed E-state index contributed by atoms with van der Waals surface area (Å²) in [6, 6.07) is 33.5. The van der Waals surface area contributed by atoms with Crippen LogP contribution < -0.4 is 9.80 Å². The van der Waals surface area contributed by atoms with Crippen molar-refractivity contribution in [3.63, 3.8) is 0 Å². The van der Waals surface area contributed by atoms with Gasteiger partial charge in [0.05, 0.1) is 22.7 Å². The molecule has 312 valence electrons. The van der Waals surface area contributed by atoms with Crippen LogP contribution in [0.15, 0.2) is 116 Å². The Balaban J connectivity index is 1.08. The van der Waals surface area contributed by atoms with Gasteiger partial charge >= 0.3 is 11.9 Å². The van der Waals surface area contributed by atoms with Crippen LogP contribution in [0.1, 0.15) is 76.3 Å². The highest BCUT2D eigenvalue weighted by Gasteiger charge is 2.27. The summed E-state index contributed by atoms with van der Waals surface area (Å²) in [5.74, 6) is -2.47. The fourth-order valence-corrected chi connectivity index (χ4v) is 12.7. The number of carbonyl (C=O) groups is 2. The van der Waals surface area contributed by atoms with Crippen molar-refractivity contribution in [2.24, 2.45) is 0 Å². The Hall–Kier alpha value is -5.76. The lowest BCUT2D eigenvalue weighted by atomic mass is 10.1. The third-order valence-electron chi connectivity index (χ3n) is 11.1. The molecule has 2 aliphatic rings. The van der Waals surface area contributed by atoms with Crippen LogP contribution in [-0.4, -0.2) is 35.2 Å². The highest BCUT2D eigenvalue weighted by atomic mass is 32.2. The van der Waals surface area contributed by atoms with Gasteiger partial charge < -0.3 is 20.0 Å². The van der Waals surface area contributed by atoms with Crippen molar-refractivity contribution in [1.82, 2.24) is 0 Å². The van der Waals surface area contributed by atoms with E-state index < -0.39 is 11.9 Å². The van der Waals surface area contributed by atoms with Crippen LogP contribution in [0.3, 0.4) is 0 Å². The van der Waals surface area contributed by atoms with Crippen LogP contribution in [0.2, 0.25) is 0 Å². The average Bonchev–Trinajstić information content (AvgIpc) is 3.86. The molecule has 62 heavy (non-hydrogen) atoms. The van der Waals surface area contributed by atoms with Crippen molar-refractivity contribution >= 4 is 102 Å². The second-order valence-corrected chi connectivity index (χ2v) is 19.7. The van der Waals surface area contributed by atoms with E-state index >= 15 is 0 Å². The number of anilines is 4. The number of benzene rings is 4. The lowest BCUT2D eigenvalue weighted by Crippen LogP contribution is -2.22. The molecule has 2 N–H and O–H groups in total. The number of rotatable bonds is 16. The minimum atomic E-state index is -1.23. The maximum atomic E-state index is 11.6. The number of carboxylic acids is 2. The predicted octanol–water partition coefficient (Wildman–Crippen LogP) is 14.6. The van der Waals surface area contributed by atoms with E-state index in [4.69, 9.17) is 0 Å². The first-order valence-corrected chi connectivity index (χ1v) is 24.2. The molecule has 0 aliphatic carbocycles. The van der Waals surface area contributed by atoms with Crippen molar-refractivity contribution in [2.75, 3.05) is 22.9 Å². The Bertz CT molecular complexity index is 2640. The first-order chi connectivity index (χ1) is 30.2. The molecule has 0 spiro atoms. The first-order valence-electron chi connectivity index (χ1n) is 20.9. The van der Waals surface area contributed by atoms with Gasteiger partial charge in [-0.05, 0) is 108 Å². The summed E-state index contributed by atoms with van der Waals surface area (Å²) in [4.78, 5) is 34.7. The van der Waals surface area contributed by atoms with Gasteiger partial charge in [-0.15, -0.1) is 22.7 Å². The standard InChI is InChI=1S/C50H44N4O4S4/c1-3-5-7-9-19-53-37-15-11-31(21-35(29-51)49(55)56)23-43(37)61-45-25-33(13-17-39(45)53)41-27-47-48(59-41)28-42(60-47)34-14-18-40-46(26-34)62-44-24-32(22-36(30-52)50(57)58)12-16-38(44)54(40)20-10-8-6-4-2/h11-18,21-28H,3-10,19-20H2,1-2H3,(H,55,56)(H,57,58)/b35-21-,36-22-. The number of hydrogen-bond acceptors (Lipinski definition) is 10. The summed E-state index contributed by atoms with van der Waals surface area (Å²) in [7, 11) is 0. The predicted molar refractivity (Wildman–Crippen MR) is 256 cm³/mol. The van der Waals surface area contributed by atoms with Crippen molar-refractivity contribution in [3.05, 3.63) is 107 Å². The van der Waals surface area contributed by atoms with Crippen LogP contribution in [0.4, 0.5) is 22.7 Å². The number of unbranched alkanes of at least 4 members (excludes halogenated alkanes) is 6. The van der Waals surface area contributed by atoms with Gasteiger partial charge in [0.25, 0.3) is 0 Å². The summed E-state index contributed by atoms with van der Waals surface area (Å²) in [6.45, 7) is 6.19. The van der Waals surface area contributed by atoms with Crippen molar-refractivity contribution < 1.29 is 19.8 Å². The summed E-state index contributed by atoms with van der Waals surface area (Å²) >= 11 is 6.95. The Morgan fingerprint density at radius 3 is 1.31 bits per heavy atom. The van der Waals surface area contributed by atoms with E-state index in [-0.39, 0.29) is 11.1 Å². The minimum Gasteiger partial charge on any atom is -0.477 e. The molecule has 0 radical (unpaired) electrons. The summed E-state index contributed by atoms with van der Waals surface area (Å²) in [5.41, 5.74) is 7.62. The van der Waals surface area contributed by atoms with E-state index in [9.17, 15) is 30.3 Å². The number of thiophene rings is 2. The minimum absolute atomic E-state index is 0.291. The normalized spacial score (nSPS) is 13.2. The molecule has 0 unspecified atom stereocenters. The quantitative estimate of drug-likeness (QED) is 0.0550. The lowest BCUT2D eigenvalue weighted by molar-refractivity contribution is -0.133. The first kappa shape index (κ1) is 42.9. The number of nitrogens with zero attached hydrogens (tertiary/aromatic N) is 4. The highest BCUT2D eigenvalue weighted by Crippen LogP contribution is 2.53. The van der Waals surface area contributed by atoms with Gasteiger partial charge in [-0.1, -0.05) is 100 Å². The van der Waals surface area contributed by atoms with Gasteiger partial charge in [-0.2, -0.15) is 10.5 Å². The smallest absolute Gasteiger partial charge is 0.346 e. The molecule has 12 heteroatoms. The second kappa shape index (κ2) is 19.1. The number of carboxylic acid groups (broad SMARTS) is 2. The zero-order valence-electron chi connectivity index (χ0n) is 34.4. The number of nitriles is 2. The Morgan fingerprint density at radius 1 is 0.548 bits per heavy atom. The van der Waals surface area contributed by atoms with E-state index in [0.29, 0.717) is 11.1 Å². The molecule has 2 aliphatic heterocycles. The number of aliphatic carboxylic acids is 2. The molecular formula is C50H44N4O4S4. The Labute approximate surface area is 378 Å². The van der Waals surface area contributed by atoms with Gasteiger partial charge in [0.15, 0.2) is 0 Å². The molecule has 0 bridgehead atoms. The fraction of sp³-hybridized carbons (Fsp3) is 0.240. The van der Waals surface area contributed by atoms with Crippen LogP contribution in [-0.2, 0) is 9.59 Å². The van der Waals surface area contributed by atoms with Gasteiger partial charge in [-0.25, -0.2) is 9.59 Å². The fourth-order valence-electron chi connectivity index (χ4n) is 7.90. The number of hydrogen-bond donors (Lipinski definition) is 2. The molecule has 8 nitrogen and oxygen atoms in total. The summed E-state index contributed by atoms with van der Waals surface area (Å²) in [6.07, 6.45) is 12.0. The lowest BCUT2D eigenvalue weighted by Gasteiger charge is -2.33. The van der Waals surface area contributed by atoms with Gasteiger partial charge in [0.1, 0.15) is 23.3 Å².